The number of ether oxygens (including phenoxy) is 2. The highest BCUT2D eigenvalue weighted by Crippen LogP contribution is 2.44. The third-order valence-corrected chi connectivity index (χ3v) is 4.68. The molecule has 2 aromatic rings. The summed E-state index contributed by atoms with van der Waals surface area (Å²) < 4.78 is 10.7. The van der Waals surface area contributed by atoms with Crippen LogP contribution in [0.15, 0.2) is 48.5 Å². The fourth-order valence-corrected chi connectivity index (χ4v) is 3.45. The van der Waals surface area contributed by atoms with E-state index in [0.29, 0.717) is 0 Å². The van der Waals surface area contributed by atoms with E-state index in [1.165, 1.54) is 4.90 Å². The molecular weight excluding hydrogens is 360 g/mol. The number of hydrogen-bond acceptors (Lipinski definition) is 5. The van der Waals surface area contributed by atoms with Crippen LogP contribution < -0.4 is 5.73 Å². The largest absolute Gasteiger partial charge is 0.448 e. The molecule has 0 heterocycles. The topological polar surface area (TPSA) is 102 Å². The molecule has 1 aliphatic rings. The number of nitrogens with two attached hydrogens (primary N) is 1. The van der Waals surface area contributed by atoms with Crippen molar-refractivity contribution >= 4 is 12.0 Å². The van der Waals surface area contributed by atoms with Crippen molar-refractivity contribution in [1.29, 1.82) is 0 Å². The third-order valence-electron chi connectivity index (χ3n) is 4.68. The number of aliphatic hydroxyl groups excluding tert-OH is 1. The van der Waals surface area contributed by atoms with Crippen molar-refractivity contribution in [3.05, 3.63) is 59.7 Å². The predicted octanol–water partition coefficient (Wildman–Crippen LogP) is 1.73. The zero-order valence-corrected chi connectivity index (χ0v) is 15.5. The lowest BCUT2D eigenvalue weighted by atomic mass is 9.98. The first-order valence-corrected chi connectivity index (χ1v) is 9.18. The lowest BCUT2D eigenvalue weighted by molar-refractivity contribution is -0.119. The molecule has 7 heteroatoms. The number of nitrogens with zero attached hydrogens (tertiary/aromatic N) is 1. The molecule has 0 aliphatic heterocycles. The summed E-state index contributed by atoms with van der Waals surface area (Å²) in [5.74, 6) is -0.687. The second kappa shape index (κ2) is 9.34. The van der Waals surface area contributed by atoms with E-state index < -0.39 is 12.0 Å². The number of rotatable bonds is 9. The van der Waals surface area contributed by atoms with Gasteiger partial charge in [-0.2, -0.15) is 0 Å². The van der Waals surface area contributed by atoms with Gasteiger partial charge in [-0.25, -0.2) is 4.79 Å². The molecule has 0 aromatic heterocycles. The molecule has 7 nitrogen and oxygen atoms in total. The number of hydrogen-bond donors (Lipinski definition) is 2. The average molecular weight is 384 g/mol. The number of aliphatic hydroxyl groups is 1. The molecule has 2 aromatic carbocycles. The van der Waals surface area contributed by atoms with E-state index in [4.69, 9.17) is 20.3 Å². The second-order valence-corrected chi connectivity index (χ2v) is 6.53. The molecular formula is C21H24N2O5. The molecule has 3 rings (SSSR count). The lowest BCUT2D eigenvalue weighted by Crippen LogP contribution is -2.41. The van der Waals surface area contributed by atoms with Crippen LogP contribution in [0.5, 0.6) is 0 Å². The predicted molar refractivity (Wildman–Crippen MR) is 104 cm³/mol. The number of benzene rings is 2. The Morgan fingerprint density at radius 1 is 1.00 bits per heavy atom. The molecule has 0 saturated heterocycles. The van der Waals surface area contributed by atoms with E-state index in [2.05, 4.69) is 12.1 Å². The second-order valence-electron chi connectivity index (χ2n) is 6.53. The van der Waals surface area contributed by atoms with Gasteiger partial charge < -0.3 is 20.3 Å². The molecule has 0 bridgehead atoms. The Labute approximate surface area is 163 Å². The molecule has 0 spiro atoms. The summed E-state index contributed by atoms with van der Waals surface area (Å²) >= 11 is 0. The van der Waals surface area contributed by atoms with Gasteiger partial charge in [-0.3, -0.25) is 9.69 Å². The monoisotopic (exact) mass is 384 g/mol. The fourth-order valence-electron chi connectivity index (χ4n) is 3.45. The highest BCUT2D eigenvalue weighted by Gasteiger charge is 2.29. The molecule has 1 aliphatic carbocycles. The van der Waals surface area contributed by atoms with Crippen molar-refractivity contribution < 1.29 is 24.2 Å². The van der Waals surface area contributed by atoms with E-state index in [1.54, 1.807) is 0 Å². The Morgan fingerprint density at radius 3 is 2.18 bits per heavy atom. The lowest BCUT2D eigenvalue weighted by Gasteiger charge is -2.22. The summed E-state index contributed by atoms with van der Waals surface area (Å²) in [6.07, 6.45) is -0.617. The minimum atomic E-state index is -0.629. The quantitative estimate of drug-likeness (QED) is 0.641. The first kappa shape index (κ1) is 19.9. The van der Waals surface area contributed by atoms with Crippen LogP contribution in [0.4, 0.5) is 4.79 Å². The summed E-state index contributed by atoms with van der Waals surface area (Å²) in [6.45, 7) is 0.298. The maximum absolute atomic E-state index is 12.5. The van der Waals surface area contributed by atoms with Crippen LogP contribution in [-0.4, -0.2) is 61.5 Å². The van der Waals surface area contributed by atoms with Gasteiger partial charge >= 0.3 is 6.09 Å². The number of carbonyl (C=O) groups is 2. The summed E-state index contributed by atoms with van der Waals surface area (Å²) in [6, 6.07) is 16.1. The van der Waals surface area contributed by atoms with Crippen molar-refractivity contribution in [2.24, 2.45) is 5.73 Å². The van der Waals surface area contributed by atoms with Gasteiger partial charge in [-0.05, 0) is 22.3 Å². The molecule has 0 atom stereocenters. The number of amides is 2. The molecule has 3 N–H and O–H groups in total. The number of carbonyl (C=O) groups excluding carboxylic acids is 2. The summed E-state index contributed by atoms with van der Waals surface area (Å²) in [5.41, 5.74) is 9.76. The third kappa shape index (κ3) is 4.49. The first-order chi connectivity index (χ1) is 13.6. The Hall–Kier alpha value is -2.90. The van der Waals surface area contributed by atoms with Gasteiger partial charge in [0.05, 0.1) is 19.8 Å². The van der Waals surface area contributed by atoms with Gasteiger partial charge in [0.1, 0.15) is 13.2 Å². The normalized spacial score (nSPS) is 12.3. The number of primary amides is 1. The zero-order valence-electron chi connectivity index (χ0n) is 15.5. The average Bonchev–Trinajstić information content (AvgIpc) is 3.02. The highest BCUT2D eigenvalue weighted by atomic mass is 16.6. The Balaban J connectivity index is 1.67. The van der Waals surface area contributed by atoms with E-state index in [9.17, 15) is 9.59 Å². The van der Waals surface area contributed by atoms with Crippen LogP contribution in [0, 0.1) is 0 Å². The Morgan fingerprint density at radius 2 is 1.61 bits per heavy atom. The van der Waals surface area contributed by atoms with Crippen LogP contribution in [0.3, 0.4) is 0 Å². The van der Waals surface area contributed by atoms with Crippen molar-refractivity contribution in [2.75, 3.05) is 39.5 Å². The molecule has 0 fully saturated rings. The van der Waals surface area contributed by atoms with E-state index >= 15 is 0 Å². The van der Waals surface area contributed by atoms with Gasteiger partial charge in [0, 0.05) is 12.5 Å². The van der Waals surface area contributed by atoms with E-state index in [-0.39, 0.29) is 45.4 Å². The minimum Gasteiger partial charge on any atom is -0.448 e. The van der Waals surface area contributed by atoms with Gasteiger partial charge in [0.15, 0.2) is 0 Å². The molecule has 0 unspecified atom stereocenters. The zero-order chi connectivity index (χ0) is 19.9. The molecule has 28 heavy (non-hydrogen) atoms. The first-order valence-electron chi connectivity index (χ1n) is 9.18. The standard InChI is InChI=1S/C21H24N2O5/c22-20(25)13-23(9-11-27-12-10-24)21(26)28-14-19-17-7-3-1-5-15(17)16-6-2-4-8-18(16)19/h1-8,19,24H,9-14H2,(H2,22,25). The molecule has 0 saturated carbocycles. The van der Waals surface area contributed by atoms with Gasteiger partial charge in [-0.1, -0.05) is 48.5 Å². The van der Waals surface area contributed by atoms with E-state index in [1.807, 2.05) is 36.4 Å². The van der Waals surface area contributed by atoms with Crippen LogP contribution >= 0.6 is 0 Å². The van der Waals surface area contributed by atoms with Crippen molar-refractivity contribution in [3.8, 4) is 11.1 Å². The molecule has 148 valence electrons. The highest BCUT2D eigenvalue weighted by molar-refractivity contribution is 5.81. The Kier molecular flexibility index (Phi) is 6.62. The smallest absolute Gasteiger partial charge is 0.410 e. The van der Waals surface area contributed by atoms with Gasteiger partial charge in [0.25, 0.3) is 0 Å². The van der Waals surface area contributed by atoms with Crippen LogP contribution in [0.2, 0.25) is 0 Å². The Bertz CT molecular complexity index is 794. The van der Waals surface area contributed by atoms with Crippen LogP contribution in [-0.2, 0) is 14.3 Å². The maximum atomic E-state index is 12.5. The van der Waals surface area contributed by atoms with Gasteiger partial charge in [0.2, 0.25) is 5.91 Å². The summed E-state index contributed by atoms with van der Waals surface area (Å²) in [5, 5.41) is 8.75. The van der Waals surface area contributed by atoms with E-state index in [0.717, 1.165) is 22.3 Å². The minimum absolute atomic E-state index is 0.0579. The summed E-state index contributed by atoms with van der Waals surface area (Å²) in [4.78, 5) is 25.0. The molecule has 2 amide bonds. The fraction of sp³-hybridized carbons (Fsp3) is 0.333. The van der Waals surface area contributed by atoms with Gasteiger partial charge in [-0.15, -0.1) is 0 Å². The van der Waals surface area contributed by atoms with Crippen LogP contribution in [0.25, 0.3) is 11.1 Å². The SMILES string of the molecule is NC(=O)CN(CCOCCO)C(=O)OCC1c2ccccc2-c2ccccc21. The number of fused-ring (bicyclic) bond motifs is 3. The molecule has 0 radical (unpaired) electrons. The van der Waals surface area contributed by atoms with Crippen molar-refractivity contribution in [2.45, 2.75) is 5.92 Å². The van der Waals surface area contributed by atoms with Crippen LogP contribution in [0.1, 0.15) is 17.0 Å². The van der Waals surface area contributed by atoms with Crippen molar-refractivity contribution in [1.82, 2.24) is 4.90 Å². The summed E-state index contributed by atoms with van der Waals surface area (Å²) in [7, 11) is 0. The van der Waals surface area contributed by atoms with Crippen molar-refractivity contribution in [3.63, 3.8) is 0 Å². The maximum Gasteiger partial charge on any atom is 0.410 e.